The van der Waals surface area contributed by atoms with Crippen molar-refractivity contribution in [1.29, 1.82) is 0 Å². The molecule has 6 rings (SSSR count). The molecule has 10 nitrogen and oxygen atoms in total. The highest BCUT2D eigenvalue weighted by Gasteiger charge is 2.31. The molecule has 2 aliphatic rings. The first-order chi connectivity index (χ1) is 17.2. The van der Waals surface area contributed by atoms with Crippen molar-refractivity contribution in [3.63, 3.8) is 0 Å². The third kappa shape index (κ3) is 4.73. The Bertz CT molecular complexity index is 1290. The Kier molecular flexibility index (Phi) is 6.09. The molecule has 11 heteroatoms. The Hall–Kier alpha value is -3.44. The summed E-state index contributed by atoms with van der Waals surface area (Å²) in [6, 6.07) is 14.1. The van der Waals surface area contributed by atoms with Crippen molar-refractivity contribution >= 4 is 28.7 Å². The maximum absolute atomic E-state index is 13.2. The van der Waals surface area contributed by atoms with Crippen molar-refractivity contribution in [2.24, 2.45) is 5.92 Å². The number of piperazine rings is 1. The normalized spacial score (nSPS) is 17.8. The molecule has 35 heavy (non-hydrogen) atoms. The predicted molar refractivity (Wildman–Crippen MR) is 133 cm³/mol. The Labute approximate surface area is 207 Å². The number of hydrogen-bond acceptors (Lipinski definition) is 9. The fourth-order valence-corrected chi connectivity index (χ4v) is 5.69. The molecule has 0 saturated carbocycles. The second-order valence-corrected chi connectivity index (χ2v) is 9.95. The fourth-order valence-electron chi connectivity index (χ4n) is 4.87. The van der Waals surface area contributed by atoms with Crippen LogP contribution >= 0.6 is 11.3 Å². The van der Waals surface area contributed by atoms with Gasteiger partial charge in [0.05, 0.1) is 5.69 Å². The molecular formula is C24H27N9OS. The van der Waals surface area contributed by atoms with Gasteiger partial charge in [-0.1, -0.05) is 30.3 Å². The molecule has 0 unspecified atom stereocenters. The van der Waals surface area contributed by atoms with E-state index in [1.54, 1.807) is 11.3 Å². The molecule has 1 aromatic carbocycles. The molecule has 0 atom stereocenters. The Balaban J connectivity index is 0.985. The van der Waals surface area contributed by atoms with Gasteiger partial charge in [0.2, 0.25) is 5.91 Å². The van der Waals surface area contributed by atoms with Gasteiger partial charge in [-0.3, -0.25) is 9.69 Å². The lowest BCUT2D eigenvalue weighted by atomic mass is 9.95. The maximum Gasteiger partial charge on any atom is 0.225 e. The standard InChI is InChI=1S/C24H27N9OS/c34-24(19-8-10-31(11-9-19)22-7-6-21-26-28-29-33(21)27-22)32-14-12-30(13-15-32)16-20-17-35-23(25-20)18-4-2-1-3-5-18/h1-7,17,19H,8-16H2. The molecule has 3 aromatic heterocycles. The number of anilines is 1. The van der Waals surface area contributed by atoms with Crippen LogP contribution in [0.5, 0.6) is 0 Å². The molecule has 4 aromatic rings. The van der Waals surface area contributed by atoms with E-state index in [1.165, 1.54) is 4.63 Å². The number of nitrogens with zero attached hydrogens (tertiary/aromatic N) is 9. The zero-order valence-electron chi connectivity index (χ0n) is 19.4. The lowest BCUT2D eigenvalue weighted by molar-refractivity contribution is -0.138. The van der Waals surface area contributed by atoms with Crippen LogP contribution in [-0.2, 0) is 11.3 Å². The van der Waals surface area contributed by atoms with Crippen LogP contribution in [0.2, 0.25) is 0 Å². The quantitative estimate of drug-likeness (QED) is 0.421. The average Bonchev–Trinajstić information content (AvgIpc) is 3.59. The number of carbonyl (C=O) groups is 1. The van der Waals surface area contributed by atoms with E-state index >= 15 is 0 Å². The summed E-state index contributed by atoms with van der Waals surface area (Å²) < 4.78 is 1.44. The van der Waals surface area contributed by atoms with Crippen molar-refractivity contribution in [1.82, 2.24) is 40.0 Å². The second kappa shape index (κ2) is 9.67. The highest BCUT2D eigenvalue weighted by atomic mass is 32.1. The number of tetrazole rings is 1. The van der Waals surface area contributed by atoms with Gasteiger partial charge in [-0.15, -0.1) is 26.2 Å². The van der Waals surface area contributed by atoms with Crippen molar-refractivity contribution in [2.75, 3.05) is 44.2 Å². The van der Waals surface area contributed by atoms with E-state index in [9.17, 15) is 4.79 Å². The first-order valence-corrected chi connectivity index (χ1v) is 12.9. The summed E-state index contributed by atoms with van der Waals surface area (Å²) in [5.41, 5.74) is 2.90. The third-order valence-corrected chi connectivity index (χ3v) is 7.81. The molecule has 0 radical (unpaired) electrons. The number of rotatable bonds is 5. The number of hydrogen-bond donors (Lipinski definition) is 0. The number of amides is 1. The SMILES string of the molecule is O=C(C1CCN(c2ccc3nnnn3n2)CC1)N1CCN(Cc2csc(-c3ccccc3)n2)CC1. The zero-order valence-corrected chi connectivity index (χ0v) is 20.2. The van der Waals surface area contributed by atoms with Crippen LogP contribution in [0, 0.1) is 5.92 Å². The molecule has 2 fully saturated rings. The van der Waals surface area contributed by atoms with Gasteiger partial charge < -0.3 is 9.80 Å². The Morgan fingerprint density at radius 3 is 2.57 bits per heavy atom. The van der Waals surface area contributed by atoms with Gasteiger partial charge in [0.25, 0.3) is 0 Å². The number of piperidine rings is 1. The van der Waals surface area contributed by atoms with Crippen LogP contribution in [0.15, 0.2) is 47.8 Å². The minimum absolute atomic E-state index is 0.0848. The summed E-state index contributed by atoms with van der Waals surface area (Å²) in [6.07, 6.45) is 1.69. The van der Waals surface area contributed by atoms with E-state index in [0.717, 1.165) is 80.7 Å². The first-order valence-electron chi connectivity index (χ1n) is 12.0. The number of carbonyl (C=O) groups excluding carboxylic acids is 1. The lowest BCUT2D eigenvalue weighted by Crippen LogP contribution is -2.51. The van der Waals surface area contributed by atoms with Crippen LogP contribution in [0.4, 0.5) is 5.82 Å². The van der Waals surface area contributed by atoms with Gasteiger partial charge in [-0.2, -0.15) is 0 Å². The summed E-state index contributed by atoms with van der Waals surface area (Å²) >= 11 is 1.69. The Morgan fingerprint density at radius 2 is 1.77 bits per heavy atom. The van der Waals surface area contributed by atoms with E-state index in [-0.39, 0.29) is 5.92 Å². The van der Waals surface area contributed by atoms with E-state index in [0.29, 0.717) is 11.6 Å². The van der Waals surface area contributed by atoms with Gasteiger partial charge in [0.15, 0.2) is 11.5 Å². The molecule has 5 heterocycles. The van der Waals surface area contributed by atoms with Crippen molar-refractivity contribution in [3.05, 3.63) is 53.5 Å². The lowest BCUT2D eigenvalue weighted by Gasteiger charge is -2.38. The monoisotopic (exact) mass is 489 g/mol. The fraction of sp³-hybridized carbons (Fsp3) is 0.417. The Morgan fingerprint density at radius 1 is 0.971 bits per heavy atom. The van der Waals surface area contributed by atoms with E-state index in [4.69, 9.17) is 4.98 Å². The second-order valence-electron chi connectivity index (χ2n) is 9.09. The first kappa shape index (κ1) is 22.1. The molecule has 0 N–H and O–H groups in total. The molecular weight excluding hydrogens is 462 g/mol. The molecule has 0 spiro atoms. The van der Waals surface area contributed by atoms with Gasteiger partial charge in [0, 0.05) is 62.7 Å². The van der Waals surface area contributed by atoms with Crippen molar-refractivity contribution in [2.45, 2.75) is 19.4 Å². The van der Waals surface area contributed by atoms with Crippen LogP contribution in [0.25, 0.3) is 16.2 Å². The van der Waals surface area contributed by atoms with Gasteiger partial charge >= 0.3 is 0 Å². The van der Waals surface area contributed by atoms with Crippen LogP contribution in [0.1, 0.15) is 18.5 Å². The van der Waals surface area contributed by atoms with Gasteiger partial charge in [-0.25, -0.2) is 4.98 Å². The molecule has 2 aliphatic heterocycles. The van der Waals surface area contributed by atoms with E-state index < -0.39 is 0 Å². The number of fused-ring (bicyclic) bond motifs is 1. The maximum atomic E-state index is 13.2. The number of thiazole rings is 1. The van der Waals surface area contributed by atoms with Crippen molar-refractivity contribution < 1.29 is 4.79 Å². The van der Waals surface area contributed by atoms with E-state index in [2.05, 4.69) is 52.8 Å². The van der Waals surface area contributed by atoms with Crippen LogP contribution in [0.3, 0.4) is 0 Å². The number of benzene rings is 1. The summed E-state index contributed by atoms with van der Waals surface area (Å²) in [5.74, 6) is 1.23. The molecule has 0 bridgehead atoms. The molecule has 180 valence electrons. The predicted octanol–water partition coefficient (Wildman–Crippen LogP) is 2.20. The van der Waals surface area contributed by atoms with Crippen LogP contribution < -0.4 is 4.90 Å². The molecule has 0 aliphatic carbocycles. The minimum atomic E-state index is 0.0848. The zero-order chi connectivity index (χ0) is 23.6. The number of aromatic nitrogens is 6. The summed E-state index contributed by atoms with van der Waals surface area (Å²) in [4.78, 5) is 24.7. The third-order valence-electron chi connectivity index (χ3n) is 6.87. The topological polar surface area (TPSA) is 95.6 Å². The summed E-state index contributed by atoms with van der Waals surface area (Å²) in [5, 5.41) is 19.1. The minimum Gasteiger partial charge on any atom is -0.355 e. The average molecular weight is 490 g/mol. The van der Waals surface area contributed by atoms with Gasteiger partial charge in [0.1, 0.15) is 5.01 Å². The van der Waals surface area contributed by atoms with Crippen LogP contribution in [-0.4, -0.2) is 85.2 Å². The van der Waals surface area contributed by atoms with E-state index in [1.807, 2.05) is 30.3 Å². The van der Waals surface area contributed by atoms with Crippen molar-refractivity contribution in [3.8, 4) is 10.6 Å². The highest BCUT2D eigenvalue weighted by Crippen LogP contribution is 2.26. The molecule has 1 amide bonds. The molecule has 2 saturated heterocycles. The largest absolute Gasteiger partial charge is 0.355 e. The highest BCUT2D eigenvalue weighted by molar-refractivity contribution is 7.13. The van der Waals surface area contributed by atoms with Gasteiger partial charge in [-0.05, 0) is 35.4 Å². The summed E-state index contributed by atoms with van der Waals surface area (Å²) in [6.45, 7) is 5.80. The smallest absolute Gasteiger partial charge is 0.225 e. The summed E-state index contributed by atoms with van der Waals surface area (Å²) in [7, 11) is 0.